The zero-order chi connectivity index (χ0) is 16.8. The SMILES string of the molecule is CC(CCN1CCCCC1)c1ccccc1Oc1ccc(Br)cc1. The van der Waals surface area contributed by atoms with Crippen molar-refractivity contribution in [3.8, 4) is 11.5 Å². The summed E-state index contributed by atoms with van der Waals surface area (Å²) in [6, 6.07) is 16.5. The lowest BCUT2D eigenvalue weighted by atomic mass is 9.96. The predicted molar refractivity (Wildman–Crippen MR) is 104 cm³/mol. The molecule has 1 fully saturated rings. The molecule has 0 amide bonds. The van der Waals surface area contributed by atoms with E-state index in [0.29, 0.717) is 5.92 Å². The number of halogens is 1. The molecule has 2 nitrogen and oxygen atoms in total. The molecule has 3 heteroatoms. The van der Waals surface area contributed by atoms with Crippen LogP contribution in [0.2, 0.25) is 0 Å². The van der Waals surface area contributed by atoms with E-state index < -0.39 is 0 Å². The molecule has 1 unspecified atom stereocenters. The van der Waals surface area contributed by atoms with Crippen molar-refractivity contribution < 1.29 is 4.74 Å². The van der Waals surface area contributed by atoms with Crippen LogP contribution in [0.3, 0.4) is 0 Å². The quantitative estimate of drug-likeness (QED) is 0.582. The molecule has 1 aliphatic heterocycles. The topological polar surface area (TPSA) is 12.5 Å². The Morgan fingerprint density at radius 3 is 2.46 bits per heavy atom. The van der Waals surface area contributed by atoms with E-state index in [9.17, 15) is 0 Å². The highest BCUT2D eigenvalue weighted by Crippen LogP contribution is 2.32. The van der Waals surface area contributed by atoms with Crippen molar-refractivity contribution in [1.82, 2.24) is 4.90 Å². The van der Waals surface area contributed by atoms with Gasteiger partial charge in [-0.05, 0) is 80.7 Å². The highest BCUT2D eigenvalue weighted by Gasteiger charge is 2.15. The van der Waals surface area contributed by atoms with Gasteiger partial charge in [0.25, 0.3) is 0 Å². The van der Waals surface area contributed by atoms with Crippen molar-refractivity contribution in [3.05, 3.63) is 58.6 Å². The molecule has 0 aromatic heterocycles. The molecule has 24 heavy (non-hydrogen) atoms. The van der Waals surface area contributed by atoms with Gasteiger partial charge in [0.05, 0.1) is 0 Å². The molecule has 0 radical (unpaired) electrons. The lowest BCUT2D eigenvalue weighted by molar-refractivity contribution is 0.222. The molecule has 0 saturated carbocycles. The average Bonchev–Trinajstić information content (AvgIpc) is 2.63. The van der Waals surface area contributed by atoms with Crippen molar-refractivity contribution >= 4 is 15.9 Å². The summed E-state index contributed by atoms with van der Waals surface area (Å²) in [6.45, 7) is 6.04. The van der Waals surface area contributed by atoms with Crippen molar-refractivity contribution in [2.45, 2.75) is 38.5 Å². The molecule has 1 aliphatic rings. The maximum atomic E-state index is 6.14. The Hall–Kier alpha value is -1.32. The molecule has 0 bridgehead atoms. The Bertz CT molecular complexity index is 635. The summed E-state index contributed by atoms with van der Waals surface area (Å²) >= 11 is 3.47. The van der Waals surface area contributed by atoms with Gasteiger partial charge in [0.1, 0.15) is 11.5 Å². The summed E-state index contributed by atoms with van der Waals surface area (Å²) < 4.78 is 7.21. The smallest absolute Gasteiger partial charge is 0.130 e. The summed E-state index contributed by atoms with van der Waals surface area (Å²) in [7, 11) is 0. The van der Waals surface area contributed by atoms with Crippen LogP contribution in [-0.2, 0) is 0 Å². The highest BCUT2D eigenvalue weighted by molar-refractivity contribution is 9.10. The number of likely N-dealkylation sites (tertiary alicyclic amines) is 1. The van der Waals surface area contributed by atoms with Crippen molar-refractivity contribution in [2.75, 3.05) is 19.6 Å². The van der Waals surface area contributed by atoms with Gasteiger partial charge in [0.15, 0.2) is 0 Å². The van der Waals surface area contributed by atoms with Crippen LogP contribution < -0.4 is 4.74 Å². The van der Waals surface area contributed by atoms with Gasteiger partial charge in [0, 0.05) is 4.47 Å². The number of nitrogens with zero attached hydrogens (tertiary/aromatic N) is 1. The summed E-state index contributed by atoms with van der Waals surface area (Å²) in [5.41, 5.74) is 1.30. The van der Waals surface area contributed by atoms with Gasteiger partial charge in [-0.25, -0.2) is 0 Å². The molecule has 0 aliphatic carbocycles. The number of hydrogen-bond acceptors (Lipinski definition) is 2. The zero-order valence-electron chi connectivity index (χ0n) is 14.4. The standard InChI is InChI=1S/C21H26BrNO/c1-17(13-16-23-14-5-2-6-15-23)20-7-3-4-8-21(20)24-19-11-9-18(22)10-12-19/h3-4,7-12,17H,2,5-6,13-16H2,1H3. The molecule has 3 rings (SSSR count). The maximum Gasteiger partial charge on any atom is 0.130 e. The Balaban J connectivity index is 1.65. The second-order valence-corrected chi connectivity index (χ2v) is 7.60. The fourth-order valence-corrected chi connectivity index (χ4v) is 3.59. The molecule has 0 N–H and O–H groups in total. The van der Waals surface area contributed by atoms with Gasteiger partial charge in [-0.15, -0.1) is 0 Å². The van der Waals surface area contributed by atoms with Crippen LogP contribution >= 0.6 is 15.9 Å². The Morgan fingerprint density at radius 1 is 1.00 bits per heavy atom. The average molecular weight is 388 g/mol. The van der Waals surface area contributed by atoms with Crippen LogP contribution in [0.25, 0.3) is 0 Å². The van der Waals surface area contributed by atoms with Crippen molar-refractivity contribution in [3.63, 3.8) is 0 Å². The predicted octanol–water partition coefficient (Wildman–Crippen LogP) is 6.22. The first-order valence-electron chi connectivity index (χ1n) is 8.97. The van der Waals surface area contributed by atoms with E-state index in [1.54, 1.807) is 0 Å². The summed E-state index contributed by atoms with van der Waals surface area (Å²) in [5.74, 6) is 2.36. The fourth-order valence-electron chi connectivity index (χ4n) is 3.32. The molecule has 0 spiro atoms. The third-order valence-electron chi connectivity index (χ3n) is 4.82. The molecule has 128 valence electrons. The van der Waals surface area contributed by atoms with E-state index >= 15 is 0 Å². The summed E-state index contributed by atoms with van der Waals surface area (Å²) in [6.07, 6.45) is 5.30. The number of hydrogen-bond donors (Lipinski definition) is 0. The monoisotopic (exact) mass is 387 g/mol. The third-order valence-corrected chi connectivity index (χ3v) is 5.35. The van der Waals surface area contributed by atoms with Gasteiger partial charge in [-0.1, -0.05) is 47.5 Å². The van der Waals surface area contributed by atoms with Crippen LogP contribution in [-0.4, -0.2) is 24.5 Å². The van der Waals surface area contributed by atoms with E-state index in [2.05, 4.69) is 52.0 Å². The molecular formula is C21H26BrNO. The summed E-state index contributed by atoms with van der Waals surface area (Å²) in [5, 5.41) is 0. The molecule has 1 saturated heterocycles. The van der Waals surface area contributed by atoms with Gasteiger partial charge in [0.2, 0.25) is 0 Å². The van der Waals surface area contributed by atoms with Crippen LogP contribution in [0.4, 0.5) is 0 Å². The van der Waals surface area contributed by atoms with Crippen molar-refractivity contribution in [1.29, 1.82) is 0 Å². The number of para-hydroxylation sites is 1. The molecular weight excluding hydrogens is 362 g/mol. The lowest BCUT2D eigenvalue weighted by Crippen LogP contribution is -2.31. The second-order valence-electron chi connectivity index (χ2n) is 6.69. The lowest BCUT2D eigenvalue weighted by Gasteiger charge is -2.27. The fraction of sp³-hybridized carbons (Fsp3) is 0.429. The van der Waals surface area contributed by atoms with E-state index in [-0.39, 0.29) is 0 Å². The van der Waals surface area contributed by atoms with Crippen LogP contribution in [0.1, 0.15) is 44.1 Å². The third kappa shape index (κ3) is 4.84. The molecule has 1 heterocycles. The van der Waals surface area contributed by atoms with Crippen molar-refractivity contribution in [2.24, 2.45) is 0 Å². The number of ether oxygens (including phenoxy) is 1. The maximum absolute atomic E-state index is 6.14. The van der Waals surface area contributed by atoms with Crippen LogP contribution in [0.5, 0.6) is 11.5 Å². The first-order chi connectivity index (χ1) is 11.7. The number of piperidine rings is 1. The van der Waals surface area contributed by atoms with Gasteiger partial charge in [-0.2, -0.15) is 0 Å². The van der Waals surface area contributed by atoms with Gasteiger partial charge in [-0.3, -0.25) is 0 Å². The minimum atomic E-state index is 0.499. The molecule has 1 atom stereocenters. The summed E-state index contributed by atoms with van der Waals surface area (Å²) in [4.78, 5) is 2.61. The van der Waals surface area contributed by atoms with E-state index in [4.69, 9.17) is 4.74 Å². The molecule has 2 aromatic rings. The Kier molecular flexibility index (Phi) is 6.33. The number of benzene rings is 2. The highest BCUT2D eigenvalue weighted by atomic mass is 79.9. The van der Waals surface area contributed by atoms with E-state index in [1.807, 2.05) is 24.3 Å². The van der Waals surface area contributed by atoms with E-state index in [0.717, 1.165) is 16.0 Å². The number of rotatable bonds is 6. The first kappa shape index (κ1) is 17.5. The first-order valence-corrected chi connectivity index (χ1v) is 9.76. The van der Waals surface area contributed by atoms with Gasteiger partial charge >= 0.3 is 0 Å². The minimum Gasteiger partial charge on any atom is -0.457 e. The zero-order valence-corrected chi connectivity index (χ0v) is 16.0. The van der Waals surface area contributed by atoms with E-state index in [1.165, 1.54) is 50.9 Å². The normalized spacial score (nSPS) is 16.8. The largest absolute Gasteiger partial charge is 0.457 e. The van der Waals surface area contributed by atoms with Gasteiger partial charge < -0.3 is 9.64 Å². The second kappa shape index (κ2) is 8.68. The Labute approximate surface area is 154 Å². The molecule has 2 aromatic carbocycles. The van der Waals surface area contributed by atoms with Crippen LogP contribution in [0.15, 0.2) is 53.0 Å². The van der Waals surface area contributed by atoms with Crippen LogP contribution in [0, 0.1) is 0 Å². The Morgan fingerprint density at radius 2 is 1.71 bits per heavy atom. The minimum absolute atomic E-state index is 0.499.